The molecule has 1 fully saturated rings. The van der Waals surface area contributed by atoms with Crippen LogP contribution in [0.1, 0.15) is 70.7 Å². The maximum Gasteiger partial charge on any atom is 0.108 e. The fourth-order valence-corrected chi connectivity index (χ4v) is 4.38. The second kappa shape index (κ2) is 4.88. The summed E-state index contributed by atoms with van der Waals surface area (Å²) in [5, 5.41) is 7.67. The number of hydrogen-bond donors (Lipinski definition) is 2. The van der Waals surface area contributed by atoms with Crippen molar-refractivity contribution in [1.82, 2.24) is 10.6 Å². The third-order valence-corrected chi connectivity index (χ3v) is 4.68. The van der Waals surface area contributed by atoms with Crippen LogP contribution < -0.4 is 10.6 Å². The van der Waals surface area contributed by atoms with Gasteiger partial charge in [0.15, 0.2) is 0 Å². The van der Waals surface area contributed by atoms with E-state index in [1.165, 1.54) is 37.0 Å². The molecule has 2 aliphatic rings. The number of hydrogen-bond acceptors (Lipinski definition) is 3. The summed E-state index contributed by atoms with van der Waals surface area (Å²) in [5.74, 6) is 1.20. The Hall–Kier alpha value is -0.800. The summed E-state index contributed by atoms with van der Waals surface area (Å²) >= 11 is 0. The minimum absolute atomic E-state index is 0.202. The molecule has 0 aromatic carbocycles. The first kappa shape index (κ1) is 14.2. The van der Waals surface area contributed by atoms with Gasteiger partial charge in [-0.2, -0.15) is 0 Å². The molecule has 1 unspecified atom stereocenters. The van der Waals surface area contributed by atoms with Crippen molar-refractivity contribution in [2.45, 2.75) is 83.0 Å². The maximum atomic E-state index is 5.60. The van der Waals surface area contributed by atoms with Crippen LogP contribution in [0.25, 0.3) is 0 Å². The summed E-state index contributed by atoms with van der Waals surface area (Å²) in [6, 6.07) is 3.21. The Morgan fingerprint density at radius 1 is 1.20 bits per heavy atom. The number of piperidine rings is 1. The van der Waals surface area contributed by atoms with Crippen LogP contribution in [0, 0.1) is 0 Å². The molecule has 2 heterocycles. The number of fused-ring (bicyclic) bond motifs is 1. The van der Waals surface area contributed by atoms with Crippen molar-refractivity contribution in [3.63, 3.8) is 0 Å². The number of nitrogens with one attached hydrogen (secondary N) is 2. The van der Waals surface area contributed by atoms with E-state index in [9.17, 15) is 0 Å². The van der Waals surface area contributed by atoms with Crippen molar-refractivity contribution >= 4 is 0 Å². The molecule has 3 heteroatoms. The van der Waals surface area contributed by atoms with Crippen molar-refractivity contribution in [1.29, 1.82) is 0 Å². The van der Waals surface area contributed by atoms with Crippen molar-refractivity contribution in [3.8, 4) is 0 Å². The third kappa shape index (κ3) is 2.94. The first-order chi connectivity index (χ1) is 9.35. The Kier molecular flexibility index (Phi) is 3.46. The van der Waals surface area contributed by atoms with Gasteiger partial charge in [-0.15, -0.1) is 0 Å². The molecule has 112 valence electrons. The van der Waals surface area contributed by atoms with Crippen LogP contribution in [0.4, 0.5) is 0 Å². The zero-order valence-electron chi connectivity index (χ0n) is 13.3. The zero-order valence-corrected chi connectivity index (χ0v) is 13.3. The molecule has 0 amide bonds. The molecular formula is C17H28N2O. The topological polar surface area (TPSA) is 37.2 Å². The molecule has 0 bridgehead atoms. The van der Waals surface area contributed by atoms with E-state index in [4.69, 9.17) is 4.42 Å². The predicted molar refractivity (Wildman–Crippen MR) is 81.8 cm³/mol. The molecular weight excluding hydrogens is 248 g/mol. The standard InChI is InChI=1S/C17H28N2O/c1-16(2)10-12(11-17(3,4)19-16)18-14-6-5-7-15-13(14)8-9-20-15/h8-9,12,14,18-19H,5-7,10-11H2,1-4H3. The van der Waals surface area contributed by atoms with E-state index in [-0.39, 0.29) is 11.1 Å². The highest BCUT2D eigenvalue weighted by molar-refractivity contribution is 5.24. The Morgan fingerprint density at radius 3 is 2.60 bits per heavy atom. The van der Waals surface area contributed by atoms with E-state index < -0.39 is 0 Å². The van der Waals surface area contributed by atoms with Gasteiger partial charge < -0.3 is 15.1 Å². The van der Waals surface area contributed by atoms with Gasteiger partial charge in [0.05, 0.1) is 6.26 Å². The fraction of sp³-hybridized carbons (Fsp3) is 0.765. The zero-order chi connectivity index (χ0) is 14.4. The van der Waals surface area contributed by atoms with E-state index in [0.29, 0.717) is 12.1 Å². The first-order valence-electron chi connectivity index (χ1n) is 7.96. The van der Waals surface area contributed by atoms with Crippen molar-refractivity contribution in [3.05, 3.63) is 23.7 Å². The van der Waals surface area contributed by atoms with E-state index in [0.717, 1.165) is 6.42 Å². The first-order valence-corrected chi connectivity index (χ1v) is 7.96. The largest absolute Gasteiger partial charge is 0.469 e. The van der Waals surface area contributed by atoms with Crippen LogP contribution >= 0.6 is 0 Å². The van der Waals surface area contributed by atoms with Gasteiger partial charge >= 0.3 is 0 Å². The Morgan fingerprint density at radius 2 is 1.90 bits per heavy atom. The quantitative estimate of drug-likeness (QED) is 0.867. The lowest BCUT2D eigenvalue weighted by molar-refractivity contribution is 0.137. The predicted octanol–water partition coefficient (Wildman–Crippen LogP) is 3.56. The molecule has 1 aromatic heterocycles. The minimum Gasteiger partial charge on any atom is -0.469 e. The molecule has 2 N–H and O–H groups in total. The van der Waals surface area contributed by atoms with Gasteiger partial charge in [-0.3, -0.25) is 0 Å². The molecule has 1 aromatic rings. The van der Waals surface area contributed by atoms with Crippen LogP contribution in [0.3, 0.4) is 0 Å². The van der Waals surface area contributed by atoms with Gasteiger partial charge in [0, 0.05) is 35.1 Å². The molecule has 0 radical (unpaired) electrons. The molecule has 1 aliphatic carbocycles. The smallest absolute Gasteiger partial charge is 0.108 e. The lowest BCUT2D eigenvalue weighted by Crippen LogP contribution is -2.61. The Bertz CT molecular complexity index is 459. The highest BCUT2D eigenvalue weighted by Gasteiger charge is 2.38. The summed E-state index contributed by atoms with van der Waals surface area (Å²) in [4.78, 5) is 0. The van der Waals surface area contributed by atoms with Crippen LogP contribution in [-0.2, 0) is 6.42 Å². The van der Waals surface area contributed by atoms with E-state index in [2.05, 4.69) is 44.4 Å². The Labute approximate surface area is 122 Å². The van der Waals surface area contributed by atoms with Gasteiger partial charge in [-0.25, -0.2) is 0 Å². The highest BCUT2D eigenvalue weighted by atomic mass is 16.3. The van der Waals surface area contributed by atoms with Crippen LogP contribution in [-0.4, -0.2) is 17.1 Å². The van der Waals surface area contributed by atoms with Gasteiger partial charge in [0.1, 0.15) is 5.76 Å². The van der Waals surface area contributed by atoms with Gasteiger partial charge in [0.25, 0.3) is 0 Å². The lowest BCUT2D eigenvalue weighted by Gasteiger charge is -2.47. The van der Waals surface area contributed by atoms with E-state index >= 15 is 0 Å². The van der Waals surface area contributed by atoms with Crippen molar-refractivity contribution in [2.75, 3.05) is 0 Å². The van der Waals surface area contributed by atoms with E-state index in [1.54, 1.807) is 0 Å². The van der Waals surface area contributed by atoms with Gasteiger partial charge in [0.2, 0.25) is 0 Å². The summed E-state index contributed by atoms with van der Waals surface area (Å²) < 4.78 is 5.60. The second-order valence-corrected chi connectivity index (χ2v) is 7.91. The molecule has 1 saturated heterocycles. The monoisotopic (exact) mass is 276 g/mol. The van der Waals surface area contributed by atoms with Crippen LogP contribution in [0.2, 0.25) is 0 Å². The van der Waals surface area contributed by atoms with Crippen molar-refractivity contribution < 1.29 is 4.42 Å². The summed E-state index contributed by atoms with van der Waals surface area (Å²) in [6.45, 7) is 9.25. The molecule has 20 heavy (non-hydrogen) atoms. The molecule has 0 spiro atoms. The molecule has 3 rings (SSSR count). The molecule has 1 atom stereocenters. The summed E-state index contributed by atoms with van der Waals surface area (Å²) in [6.07, 6.45) is 7.78. The average molecular weight is 276 g/mol. The third-order valence-electron chi connectivity index (χ3n) is 4.68. The van der Waals surface area contributed by atoms with Crippen molar-refractivity contribution in [2.24, 2.45) is 0 Å². The normalized spacial score (nSPS) is 29.1. The SMILES string of the molecule is CC1(C)CC(NC2CCCc3occc32)CC(C)(C)N1. The van der Waals surface area contributed by atoms with Gasteiger partial charge in [-0.1, -0.05) is 0 Å². The average Bonchev–Trinajstić information content (AvgIpc) is 2.73. The van der Waals surface area contributed by atoms with Crippen LogP contribution in [0.5, 0.6) is 0 Å². The molecule has 1 aliphatic heterocycles. The van der Waals surface area contributed by atoms with E-state index in [1.807, 2.05) is 6.26 Å². The number of furan rings is 1. The molecule has 3 nitrogen and oxygen atoms in total. The summed E-state index contributed by atoms with van der Waals surface area (Å²) in [7, 11) is 0. The fourth-order valence-electron chi connectivity index (χ4n) is 4.38. The minimum atomic E-state index is 0.202. The number of rotatable bonds is 2. The Balaban J connectivity index is 1.73. The second-order valence-electron chi connectivity index (χ2n) is 7.91. The van der Waals surface area contributed by atoms with Crippen LogP contribution in [0.15, 0.2) is 16.7 Å². The lowest BCUT2D eigenvalue weighted by atomic mass is 9.79. The summed E-state index contributed by atoms with van der Waals surface area (Å²) in [5.41, 5.74) is 1.80. The molecule has 0 saturated carbocycles. The maximum absolute atomic E-state index is 5.60. The van der Waals surface area contributed by atoms with Gasteiger partial charge in [-0.05, 0) is 59.4 Å². The number of aryl methyl sites for hydroxylation is 1. The highest BCUT2D eigenvalue weighted by Crippen LogP contribution is 2.34.